The summed E-state index contributed by atoms with van der Waals surface area (Å²) in [6, 6.07) is 4.12. The first-order chi connectivity index (χ1) is 6.93. The zero-order valence-electron chi connectivity index (χ0n) is 9.82. The average molecular weight is 209 g/mol. The highest BCUT2D eigenvalue weighted by molar-refractivity contribution is 5.67. The third kappa shape index (κ3) is 2.61. The van der Waals surface area contributed by atoms with Crippen molar-refractivity contribution in [1.82, 2.24) is 4.57 Å². The van der Waals surface area contributed by atoms with Gasteiger partial charge in [-0.2, -0.15) is 0 Å². The van der Waals surface area contributed by atoms with E-state index in [1.54, 1.807) is 0 Å². The summed E-state index contributed by atoms with van der Waals surface area (Å²) < 4.78 is 2.12. The highest BCUT2D eigenvalue weighted by atomic mass is 16.4. The van der Waals surface area contributed by atoms with E-state index >= 15 is 0 Å². The van der Waals surface area contributed by atoms with Gasteiger partial charge in [0.05, 0.1) is 6.42 Å². The Labute approximate surface area is 90.7 Å². The van der Waals surface area contributed by atoms with Gasteiger partial charge in [0.1, 0.15) is 0 Å². The van der Waals surface area contributed by atoms with Crippen LogP contribution >= 0.6 is 0 Å². The average Bonchev–Trinajstić information content (AvgIpc) is 2.42. The first-order valence-electron chi connectivity index (χ1n) is 5.29. The molecule has 0 saturated carbocycles. The molecule has 0 bridgehead atoms. The minimum absolute atomic E-state index is 0.0532. The summed E-state index contributed by atoms with van der Waals surface area (Å²) in [5.41, 5.74) is 2.26. The third-order valence-corrected chi connectivity index (χ3v) is 2.81. The van der Waals surface area contributed by atoms with E-state index in [0.29, 0.717) is 5.92 Å². The number of hydrogen-bond acceptors (Lipinski definition) is 1. The molecule has 84 valence electrons. The van der Waals surface area contributed by atoms with Gasteiger partial charge >= 0.3 is 5.97 Å². The summed E-state index contributed by atoms with van der Waals surface area (Å²) in [6.45, 7) is 8.16. The van der Waals surface area contributed by atoms with Crippen LogP contribution in [0.5, 0.6) is 0 Å². The van der Waals surface area contributed by atoms with Gasteiger partial charge in [0.25, 0.3) is 0 Å². The van der Waals surface area contributed by atoms with Crippen molar-refractivity contribution in [1.29, 1.82) is 0 Å². The predicted octanol–water partition coefficient (Wildman–Crippen LogP) is 2.78. The molecule has 3 heteroatoms. The fraction of sp³-hybridized carbons (Fsp3) is 0.583. The quantitative estimate of drug-likeness (QED) is 0.828. The van der Waals surface area contributed by atoms with E-state index in [2.05, 4.69) is 18.4 Å². The second-order valence-corrected chi connectivity index (χ2v) is 4.40. The van der Waals surface area contributed by atoms with E-state index in [1.807, 2.05) is 26.0 Å². The largest absolute Gasteiger partial charge is 0.481 e. The molecule has 0 aliphatic rings. The van der Waals surface area contributed by atoms with Crippen LogP contribution in [0.25, 0.3) is 0 Å². The summed E-state index contributed by atoms with van der Waals surface area (Å²) in [6.07, 6.45) is 0.189. The van der Waals surface area contributed by atoms with Crippen molar-refractivity contribution in [3.05, 3.63) is 23.5 Å². The Balaban J connectivity index is 3.04. The van der Waals surface area contributed by atoms with Gasteiger partial charge in [0.15, 0.2) is 0 Å². The molecule has 1 aromatic rings. The number of carbonyl (C=O) groups is 1. The smallest absolute Gasteiger partial charge is 0.305 e. The third-order valence-electron chi connectivity index (χ3n) is 2.81. The number of aryl methyl sites for hydroxylation is 2. The van der Waals surface area contributed by atoms with E-state index < -0.39 is 5.97 Å². The van der Waals surface area contributed by atoms with Crippen LogP contribution in [0, 0.1) is 19.8 Å². The summed E-state index contributed by atoms with van der Waals surface area (Å²) in [5.74, 6) is -0.410. The molecule has 0 spiro atoms. The van der Waals surface area contributed by atoms with Gasteiger partial charge in [0.2, 0.25) is 0 Å². The highest BCUT2D eigenvalue weighted by Gasteiger charge is 2.21. The number of hydrogen-bond donors (Lipinski definition) is 1. The van der Waals surface area contributed by atoms with Crippen LogP contribution in [0.15, 0.2) is 12.1 Å². The minimum Gasteiger partial charge on any atom is -0.481 e. The molecule has 0 fully saturated rings. The second-order valence-electron chi connectivity index (χ2n) is 4.40. The molecule has 1 aromatic heterocycles. The van der Waals surface area contributed by atoms with Crippen LogP contribution in [0.1, 0.15) is 37.7 Å². The Morgan fingerprint density at radius 2 is 1.80 bits per heavy atom. The van der Waals surface area contributed by atoms with Crippen molar-refractivity contribution in [2.24, 2.45) is 5.92 Å². The van der Waals surface area contributed by atoms with Gasteiger partial charge < -0.3 is 9.67 Å². The first kappa shape index (κ1) is 11.8. The van der Waals surface area contributed by atoms with Crippen molar-refractivity contribution in [3.63, 3.8) is 0 Å². The number of carboxylic acids is 1. The fourth-order valence-corrected chi connectivity index (χ4v) is 2.01. The number of rotatable bonds is 4. The Morgan fingerprint density at radius 3 is 2.13 bits per heavy atom. The van der Waals surface area contributed by atoms with Crippen molar-refractivity contribution in [3.8, 4) is 0 Å². The number of nitrogens with zero attached hydrogens (tertiary/aromatic N) is 1. The molecule has 0 radical (unpaired) electrons. The van der Waals surface area contributed by atoms with E-state index in [0.717, 1.165) is 11.4 Å². The topological polar surface area (TPSA) is 42.2 Å². The Bertz CT molecular complexity index is 333. The summed E-state index contributed by atoms with van der Waals surface area (Å²) >= 11 is 0. The van der Waals surface area contributed by atoms with E-state index in [4.69, 9.17) is 5.11 Å². The molecule has 3 nitrogen and oxygen atoms in total. The van der Waals surface area contributed by atoms with Crippen LogP contribution in [0.4, 0.5) is 0 Å². The van der Waals surface area contributed by atoms with E-state index in [1.165, 1.54) is 0 Å². The second kappa shape index (κ2) is 4.51. The number of aromatic nitrogens is 1. The van der Waals surface area contributed by atoms with Gasteiger partial charge in [-0.05, 0) is 31.9 Å². The molecule has 0 amide bonds. The molecule has 0 aromatic carbocycles. The van der Waals surface area contributed by atoms with Crippen LogP contribution < -0.4 is 0 Å². The number of carboxylic acid groups (broad SMARTS) is 1. The molecule has 0 aliphatic carbocycles. The van der Waals surface area contributed by atoms with Crippen LogP contribution in [-0.2, 0) is 4.79 Å². The van der Waals surface area contributed by atoms with Gasteiger partial charge in [-0.1, -0.05) is 13.8 Å². The summed E-state index contributed by atoms with van der Waals surface area (Å²) in [7, 11) is 0. The molecule has 0 aliphatic heterocycles. The van der Waals surface area contributed by atoms with Gasteiger partial charge in [-0.25, -0.2) is 0 Å². The van der Waals surface area contributed by atoms with Crippen LogP contribution in [0.3, 0.4) is 0 Å². The number of aliphatic carboxylic acids is 1. The fourth-order valence-electron chi connectivity index (χ4n) is 2.01. The molecule has 1 atom stereocenters. The molecular formula is C12H19NO2. The zero-order chi connectivity index (χ0) is 11.6. The van der Waals surface area contributed by atoms with Crippen molar-refractivity contribution in [2.75, 3.05) is 0 Å². The molecule has 1 unspecified atom stereocenters. The Hall–Kier alpha value is -1.25. The SMILES string of the molecule is Cc1ccc(C)n1C(CC(=O)O)C(C)C. The highest BCUT2D eigenvalue weighted by Crippen LogP contribution is 2.25. The lowest BCUT2D eigenvalue weighted by molar-refractivity contribution is -0.138. The zero-order valence-corrected chi connectivity index (χ0v) is 9.82. The lowest BCUT2D eigenvalue weighted by Gasteiger charge is -2.24. The predicted molar refractivity (Wildman–Crippen MR) is 60.0 cm³/mol. The lowest BCUT2D eigenvalue weighted by Crippen LogP contribution is -2.20. The maximum atomic E-state index is 10.8. The maximum Gasteiger partial charge on any atom is 0.305 e. The van der Waals surface area contributed by atoms with Crippen molar-refractivity contribution in [2.45, 2.75) is 40.2 Å². The van der Waals surface area contributed by atoms with Crippen LogP contribution in [-0.4, -0.2) is 15.6 Å². The first-order valence-corrected chi connectivity index (χ1v) is 5.29. The van der Waals surface area contributed by atoms with Crippen molar-refractivity contribution < 1.29 is 9.90 Å². The Morgan fingerprint density at radius 1 is 1.33 bits per heavy atom. The molecular weight excluding hydrogens is 190 g/mol. The summed E-state index contributed by atoms with van der Waals surface area (Å²) in [5, 5.41) is 8.90. The molecule has 1 N–H and O–H groups in total. The summed E-state index contributed by atoms with van der Waals surface area (Å²) in [4.78, 5) is 10.8. The van der Waals surface area contributed by atoms with E-state index in [-0.39, 0.29) is 12.5 Å². The molecule has 15 heavy (non-hydrogen) atoms. The standard InChI is InChI=1S/C12H19NO2/c1-8(2)11(7-12(14)15)13-9(3)5-6-10(13)4/h5-6,8,11H,7H2,1-4H3,(H,14,15). The van der Waals surface area contributed by atoms with E-state index in [9.17, 15) is 4.79 Å². The van der Waals surface area contributed by atoms with Gasteiger partial charge in [0, 0.05) is 17.4 Å². The van der Waals surface area contributed by atoms with Crippen molar-refractivity contribution >= 4 is 5.97 Å². The van der Waals surface area contributed by atoms with Gasteiger partial charge in [-0.3, -0.25) is 4.79 Å². The normalized spacial score (nSPS) is 13.1. The maximum absolute atomic E-state index is 10.8. The van der Waals surface area contributed by atoms with Gasteiger partial charge in [-0.15, -0.1) is 0 Å². The minimum atomic E-state index is -0.735. The molecule has 0 saturated heterocycles. The Kier molecular flexibility index (Phi) is 3.56. The molecule has 1 heterocycles. The molecule has 1 rings (SSSR count). The lowest BCUT2D eigenvalue weighted by atomic mass is 10.0. The monoisotopic (exact) mass is 209 g/mol. The van der Waals surface area contributed by atoms with Crippen LogP contribution in [0.2, 0.25) is 0 Å².